The fourth-order valence-corrected chi connectivity index (χ4v) is 4.36. The summed E-state index contributed by atoms with van der Waals surface area (Å²) in [5.74, 6) is 0.0248. The van der Waals surface area contributed by atoms with Crippen molar-refractivity contribution in [3.63, 3.8) is 0 Å². The number of nitrogens with one attached hydrogen (secondary N) is 1. The van der Waals surface area contributed by atoms with E-state index in [-0.39, 0.29) is 17.9 Å². The quantitative estimate of drug-likeness (QED) is 0.904. The van der Waals surface area contributed by atoms with Crippen molar-refractivity contribution < 1.29 is 9.59 Å². The highest BCUT2D eigenvalue weighted by Crippen LogP contribution is 2.22. The monoisotopic (exact) mass is 369 g/mol. The van der Waals surface area contributed by atoms with Gasteiger partial charge in [-0.1, -0.05) is 12.1 Å². The van der Waals surface area contributed by atoms with Gasteiger partial charge in [0.1, 0.15) is 0 Å². The van der Waals surface area contributed by atoms with Crippen LogP contribution < -0.4 is 5.32 Å². The van der Waals surface area contributed by atoms with E-state index >= 15 is 0 Å². The number of carbonyl (C=O) groups excluding carboxylic acids is 2. The van der Waals surface area contributed by atoms with Crippen molar-refractivity contribution in [2.24, 2.45) is 0 Å². The molecular weight excluding hydrogens is 346 g/mol. The first-order valence-electron chi connectivity index (χ1n) is 9.04. The van der Waals surface area contributed by atoms with Crippen LogP contribution in [0.15, 0.2) is 35.7 Å². The van der Waals surface area contributed by atoms with Crippen LogP contribution in [0.3, 0.4) is 0 Å². The highest BCUT2D eigenvalue weighted by atomic mass is 32.1. The fourth-order valence-electron chi connectivity index (χ4n) is 3.74. The molecule has 0 radical (unpaired) electrons. The number of carbonyl (C=O) groups is 2. The van der Waals surface area contributed by atoms with Crippen molar-refractivity contribution in [1.29, 1.82) is 0 Å². The van der Waals surface area contributed by atoms with Crippen LogP contribution in [-0.4, -0.2) is 54.3 Å². The standard InChI is InChI=1S/C20H23N3O2S/c1-22-8-6-14-11-15(4-5-16(14)12-22)20(25)23-9-7-17(13-23)21-19(24)18-3-2-10-26-18/h2-5,10-11,17H,6-9,12-13H2,1H3,(H,21,24)/t17-/m1/s1. The third-order valence-corrected chi connectivity index (χ3v) is 6.08. The Balaban J connectivity index is 1.39. The minimum absolute atomic E-state index is 0.0276. The van der Waals surface area contributed by atoms with Crippen LogP contribution in [0.1, 0.15) is 37.6 Å². The van der Waals surface area contributed by atoms with Crippen molar-refractivity contribution in [1.82, 2.24) is 15.1 Å². The summed E-state index contributed by atoms with van der Waals surface area (Å²) < 4.78 is 0. The van der Waals surface area contributed by atoms with Gasteiger partial charge < -0.3 is 15.1 Å². The maximum Gasteiger partial charge on any atom is 0.261 e. The van der Waals surface area contributed by atoms with E-state index in [1.165, 1.54) is 22.5 Å². The second kappa shape index (κ2) is 7.21. The van der Waals surface area contributed by atoms with Gasteiger partial charge in [-0.2, -0.15) is 0 Å². The molecule has 0 aliphatic carbocycles. The number of likely N-dealkylation sites (N-methyl/N-ethyl adjacent to an activating group) is 1. The van der Waals surface area contributed by atoms with Crippen LogP contribution in [0.2, 0.25) is 0 Å². The van der Waals surface area contributed by atoms with Gasteiger partial charge in [0.05, 0.1) is 4.88 Å². The molecule has 1 saturated heterocycles. The lowest BCUT2D eigenvalue weighted by Crippen LogP contribution is -2.38. The number of thiophene rings is 1. The summed E-state index contributed by atoms with van der Waals surface area (Å²) in [4.78, 5) is 29.9. The third kappa shape index (κ3) is 3.52. The second-order valence-electron chi connectivity index (χ2n) is 7.16. The number of likely N-dealkylation sites (tertiary alicyclic amines) is 1. The van der Waals surface area contributed by atoms with Crippen molar-refractivity contribution >= 4 is 23.2 Å². The van der Waals surface area contributed by atoms with Gasteiger partial charge in [0.15, 0.2) is 0 Å². The van der Waals surface area contributed by atoms with Gasteiger partial charge >= 0.3 is 0 Å². The summed E-state index contributed by atoms with van der Waals surface area (Å²) in [6.45, 7) is 3.25. The molecule has 2 aromatic rings. The van der Waals surface area contributed by atoms with Gasteiger partial charge in [-0.15, -0.1) is 11.3 Å². The number of amides is 2. The minimum atomic E-state index is -0.0443. The number of rotatable bonds is 3. The summed E-state index contributed by atoms with van der Waals surface area (Å²) in [5.41, 5.74) is 3.37. The smallest absolute Gasteiger partial charge is 0.261 e. The summed E-state index contributed by atoms with van der Waals surface area (Å²) in [7, 11) is 2.12. The normalized spacial score (nSPS) is 20.0. The molecule has 1 N–H and O–H groups in total. The van der Waals surface area contributed by atoms with Crippen molar-refractivity contribution in [3.05, 3.63) is 57.3 Å². The lowest BCUT2D eigenvalue weighted by Gasteiger charge is -2.25. The lowest BCUT2D eigenvalue weighted by molar-refractivity contribution is 0.0783. The van der Waals surface area contributed by atoms with Crippen LogP contribution in [0.4, 0.5) is 0 Å². The first-order chi connectivity index (χ1) is 12.6. The Bertz CT molecular complexity index is 818. The Hall–Kier alpha value is -2.18. The van der Waals surface area contributed by atoms with Crippen LogP contribution >= 0.6 is 11.3 Å². The molecular formula is C20H23N3O2S. The molecule has 136 valence electrons. The lowest BCUT2D eigenvalue weighted by atomic mass is 9.97. The maximum atomic E-state index is 12.9. The van der Waals surface area contributed by atoms with E-state index in [0.29, 0.717) is 13.1 Å². The minimum Gasteiger partial charge on any atom is -0.347 e. The van der Waals surface area contributed by atoms with E-state index in [4.69, 9.17) is 0 Å². The molecule has 0 saturated carbocycles. The molecule has 1 aromatic heterocycles. The summed E-state index contributed by atoms with van der Waals surface area (Å²) >= 11 is 1.44. The number of nitrogens with zero attached hydrogens (tertiary/aromatic N) is 2. The number of fused-ring (bicyclic) bond motifs is 1. The Kier molecular flexibility index (Phi) is 4.78. The Morgan fingerprint density at radius 3 is 2.88 bits per heavy atom. The molecule has 4 rings (SSSR count). The number of hydrogen-bond acceptors (Lipinski definition) is 4. The highest BCUT2D eigenvalue weighted by molar-refractivity contribution is 7.12. The molecule has 1 aromatic carbocycles. The zero-order chi connectivity index (χ0) is 18.1. The predicted octanol–water partition coefficient (Wildman–Crippen LogP) is 2.38. The molecule has 1 fully saturated rings. The molecule has 26 heavy (non-hydrogen) atoms. The molecule has 3 heterocycles. The second-order valence-corrected chi connectivity index (χ2v) is 8.11. The van der Waals surface area contributed by atoms with Crippen molar-refractivity contribution in [3.8, 4) is 0 Å². The number of benzene rings is 1. The zero-order valence-corrected chi connectivity index (χ0v) is 15.7. The van der Waals surface area contributed by atoms with Gasteiger partial charge in [0.2, 0.25) is 0 Å². The van der Waals surface area contributed by atoms with Crippen LogP contribution in [0.5, 0.6) is 0 Å². The topological polar surface area (TPSA) is 52.7 Å². The van der Waals surface area contributed by atoms with Gasteiger partial charge in [0, 0.05) is 37.8 Å². The summed E-state index contributed by atoms with van der Waals surface area (Å²) in [6.07, 6.45) is 1.80. The van der Waals surface area contributed by atoms with Gasteiger partial charge in [-0.25, -0.2) is 0 Å². The van der Waals surface area contributed by atoms with E-state index in [9.17, 15) is 9.59 Å². The van der Waals surface area contributed by atoms with E-state index in [1.54, 1.807) is 0 Å². The maximum absolute atomic E-state index is 12.9. The molecule has 1 atom stereocenters. The SMILES string of the molecule is CN1CCc2cc(C(=O)N3CC[C@@H](NC(=O)c4cccs4)C3)ccc2C1. The first-order valence-corrected chi connectivity index (χ1v) is 9.92. The van der Waals surface area contributed by atoms with Crippen molar-refractivity contribution in [2.75, 3.05) is 26.7 Å². The molecule has 0 bridgehead atoms. The van der Waals surface area contributed by atoms with Crippen LogP contribution in [-0.2, 0) is 13.0 Å². The number of hydrogen-bond donors (Lipinski definition) is 1. The average Bonchev–Trinajstić information content (AvgIpc) is 3.32. The van der Waals surface area contributed by atoms with E-state index < -0.39 is 0 Å². The summed E-state index contributed by atoms with van der Waals surface area (Å²) in [5, 5.41) is 4.94. The predicted molar refractivity (Wildman–Crippen MR) is 103 cm³/mol. The Morgan fingerprint density at radius 2 is 2.08 bits per heavy atom. The first kappa shape index (κ1) is 17.2. The van der Waals surface area contributed by atoms with Crippen LogP contribution in [0.25, 0.3) is 0 Å². The molecule has 0 spiro atoms. The van der Waals surface area contributed by atoms with E-state index in [1.807, 2.05) is 28.5 Å². The molecule has 0 unspecified atom stereocenters. The molecule has 5 nitrogen and oxygen atoms in total. The molecule has 2 aliphatic rings. The Morgan fingerprint density at radius 1 is 1.19 bits per heavy atom. The third-order valence-electron chi connectivity index (χ3n) is 5.21. The Labute approximate surface area is 157 Å². The fraction of sp³-hybridized carbons (Fsp3) is 0.400. The highest BCUT2D eigenvalue weighted by Gasteiger charge is 2.29. The van der Waals surface area contributed by atoms with E-state index in [0.717, 1.165) is 36.4 Å². The van der Waals surface area contributed by atoms with E-state index in [2.05, 4.69) is 29.4 Å². The average molecular weight is 369 g/mol. The van der Waals surface area contributed by atoms with Crippen molar-refractivity contribution in [2.45, 2.75) is 25.4 Å². The zero-order valence-electron chi connectivity index (χ0n) is 14.9. The van der Waals surface area contributed by atoms with Gasteiger partial charge in [-0.3, -0.25) is 9.59 Å². The molecule has 6 heteroatoms. The molecule has 2 aliphatic heterocycles. The van der Waals surface area contributed by atoms with Crippen LogP contribution in [0, 0.1) is 0 Å². The molecule has 2 amide bonds. The van der Waals surface area contributed by atoms with Gasteiger partial charge in [0.25, 0.3) is 11.8 Å². The largest absolute Gasteiger partial charge is 0.347 e. The summed E-state index contributed by atoms with van der Waals surface area (Å²) in [6, 6.07) is 9.81. The van der Waals surface area contributed by atoms with Gasteiger partial charge in [-0.05, 0) is 54.6 Å².